The quantitative estimate of drug-likeness (QED) is 0.761. The molecular weight excluding hydrogens is 352 g/mol. The van der Waals surface area contributed by atoms with E-state index in [0.29, 0.717) is 22.9 Å². The normalized spacial score (nSPS) is 14.8. The number of amides is 2. The fourth-order valence-corrected chi connectivity index (χ4v) is 3.24. The Balaban J connectivity index is 1.26. The lowest BCUT2D eigenvalue weighted by Crippen LogP contribution is -2.14. The average Bonchev–Trinajstić information content (AvgIpc) is 3.40. The molecule has 1 aliphatic carbocycles. The number of nitrogens with one attached hydrogen (secondary N) is 2. The van der Waals surface area contributed by atoms with Gasteiger partial charge in [0.05, 0.1) is 5.75 Å². The van der Waals surface area contributed by atoms with Crippen molar-refractivity contribution < 1.29 is 19.1 Å². The number of hydrogen-bond acceptors (Lipinski definition) is 5. The first kappa shape index (κ1) is 16.8. The molecule has 0 atom stereocenters. The van der Waals surface area contributed by atoms with Crippen molar-refractivity contribution in [1.82, 2.24) is 0 Å². The minimum Gasteiger partial charge on any atom is -0.454 e. The third kappa shape index (κ3) is 4.11. The summed E-state index contributed by atoms with van der Waals surface area (Å²) in [6.07, 6.45) is 1.97. The first-order chi connectivity index (χ1) is 12.7. The molecule has 134 valence electrons. The van der Waals surface area contributed by atoms with E-state index in [1.165, 1.54) is 11.8 Å². The van der Waals surface area contributed by atoms with Gasteiger partial charge in [-0.1, -0.05) is 0 Å². The van der Waals surface area contributed by atoms with Gasteiger partial charge in [-0.15, -0.1) is 11.8 Å². The molecule has 26 heavy (non-hydrogen) atoms. The molecule has 6 nitrogen and oxygen atoms in total. The maximum absolute atomic E-state index is 12.1. The zero-order valence-corrected chi connectivity index (χ0v) is 14.8. The van der Waals surface area contributed by atoms with Crippen LogP contribution in [0.4, 0.5) is 11.4 Å². The number of anilines is 2. The molecule has 0 spiro atoms. The largest absolute Gasteiger partial charge is 0.454 e. The van der Waals surface area contributed by atoms with E-state index in [2.05, 4.69) is 10.6 Å². The Kier molecular flexibility index (Phi) is 4.71. The van der Waals surface area contributed by atoms with E-state index in [1.54, 1.807) is 18.2 Å². The molecule has 2 N–H and O–H groups in total. The van der Waals surface area contributed by atoms with E-state index in [4.69, 9.17) is 9.47 Å². The van der Waals surface area contributed by atoms with Crippen LogP contribution in [0.3, 0.4) is 0 Å². The fraction of sp³-hybridized carbons (Fsp3) is 0.263. The van der Waals surface area contributed by atoms with Crippen LogP contribution in [0, 0.1) is 5.92 Å². The summed E-state index contributed by atoms with van der Waals surface area (Å²) < 4.78 is 10.5. The van der Waals surface area contributed by atoms with Gasteiger partial charge in [0, 0.05) is 28.3 Å². The molecule has 1 heterocycles. The first-order valence-electron chi connectivity index (χ1n) is 8.40. The molecule has 4 rings (SSSR count). The number of carbonyl (C=O) groups excluding carboxylic acids is 2. The number of rotatable bonds is 6. The average molecular weight is 370 g/mol. The van der Waals surface area contributed by atoms with Crippen molar-refractivity contribution in [3.05, 3.63) is 42.5 Å². The van der Waals surface area contributed by atoms with Crippen LogP contribution in [0.1, 0.15) is 12.8 Å². The van der Waals surface area contributed by atoms with E-state index >= 15 is 0 Å². The molecule has 7 heteroatoms. The van der Waals surface area contributed by atoms with Crippen molar-refractivity contribution >= 4 is 35.0 Å². The molecule has 0 aromatic heterocycles. The summed E-state index contributed by atoms with van der Waals surface area (Å²) >= 11 is 1.44. The van der Waals surface area contributed by atoms with Crippen LogP contribution in [0.2, 0.25) is 0 Å². The molecule has 0 saturated heterocycles. The van der Waals surface area contributed by atoms with E-state index in [1.807, 2.05) is 24.3 Å². The van der Waals surface area contributed by atoms with Gasteiger partial charge in [0.15, 0.2) is 11.5 Å². The smallest absolute Gasteiger partial charge is 0.234 e. The Bertz CT molecular complexity index is 834. The van der Waals surface area contributed by atoms with Gasteiger partial charge in [0.2, 0.25) is 18.6 Å². The summed E-state index contributed by atoms with van der Waals surface area (Å²) in [5.41, 5.74) is 1.47. The van der Waals surface area contributed by atoms with E-state index in [9.17, 15) is 9.59 Å². The van der Waals surface area contributed by atoms with Gasteiger partial charge in [0.25, 0.3) is 0 Å². The second kappa shape index (κ2) is 7.29. The van der Waals surface area contributed by atoms with Crippen LogP contribution in [0.15, 0.2) is 47.4 Å². The molecule has 2 aromatic carbocycles. The first-order valence-corrected chi connectivity index (χ1v) is 9.39. The number of benzene rings is 2. The highest BCUT2D eigenvalue weighted by Crippen LogP contribution is 2.34. The lowest BCUT2D eigenvalue weighted by Gasteiger charge is -2.07. The molecule has 1 aliphatic heterocycles. The van der Waals surface area contributed by atoms with Crippen LogP contribution in [0.5, 0.6) is 11.5 Å². The van der Waals surface area contributed by atoms with E-state index < -0.39 is 0 Å². The molecule has 2 aliphatic rings. The monoisotopic (exact) mass is 370 g/mol. The van der Waals surface area contributed by atoms with Crippen molar-refractivity contribution in [1.29, 1.82) is 0 Å². The summed E-state index contributed by atoms with van der Waals surface area (Å²) in [7, 11) is 0. The van der Waals surface area contributed by atoms with Gasteiger partial charge in [-0.3, -0.25) is 9.59 Å². The van der Waals surface area contributed by atoms with Gasteiger partial charge >= 0.3 is 0 Å². The predicted octanol–water partition coefficient (Wildman–Crippen LogP) is 3.49. The summed E-state index contributed by atoms with van der Waals surface area (Å²) in [5.74, 6) is 1.80. The maximum atomic E-state index is 12.1. The molecule has 0 bridgehead atoms. The maximum Gasteiger partial charge on any atom is 0.234 e. The Morgan fingerprint density at radius 1 is 0.962 bits per heavy atom. The lowest BCUT2D eigenvalue weighted by molar-refractivity contribution is -0.117. The highest BCUT2D eigenvalue weighted by molar-refractivity contribution is 8.00. The summed E-state index contributed by atoms with van der Waals surface area (Å²) in [6, 6.07) is 12.8. The molecule has 1 fully saturated rings. The summed E-state index contributed by atoms with van der Waals surface area (Å²) in [4.78, 5) is 24.8. The van der Waals surface area contributed by atoms with Crippen molar-refractivity contribution in [2.45, 2.75) is 17.7 Å². The SMILES string of the molecule is O=C(CSc1ccc(NC(=O)C2CC2)cc1)Nc1ccc2c(c1)OCO2. The lowest BCUT2D eigenvalue weighted by atomic mass is 10.3. The van der Waals surface area contributed by atoms with Crippen molar-refractivity contribution in [3.8, 4) is 11.5 Å². The van der Waals surface area contributed by atoms with E-state index in [0.717, 1.165) is 23.4 Å². The Morgan fingerprint density at radius 3 is 2.46 bits per heavy atom. The van der Waals surface area contributed by atoms with Crippen molar-refractivity contribution in [3.63, 3.8) is 0 Å². The Hall–Kier alpha value is -2.67. The topological polar surface area (TPSA) is 76.7 Å². The second-order valence-electron chi connectivity index (χ2n) is 6.19. The highest BCUT2D eigenvalue weighted by Gasteiger charge is 2.29. The standard InChI is InChI=1S/C19H18N2O4S/c22-18(20-14-5-8-16-17(9-14)25-11-24-16)10-26-15-6-3-13(4-7-15)21-19(23)12-1-2-12/h3-9,12H,1-2,10-11H2,(H,20,22)(H,21,23). The molecule has 0 radical (unpaired) electrons. The zero-order valence-electron chi connectivity index (χ0n) is 14.0. The number of hydrogen-bond donors (Lipinski definition) is 2. The van der Waals surface area contributed by atoms with Crippen LogP contribution in [-0.4, -0.2) is 24.4 Å². The van der Waals surface area contributed by atoms with Gasteiger partial charge in [-0.05, 0) is 49.2 Å². The van der Waals surface area contributed by atoms with E-state index in [-0.39, 0.29) is 24.5 Å². The van der Waals surface area contributed by atoms with Crippen molar-refractivity contribution in [2.75, 3.05) is 23.2 Å². The molecular formula is C19H18N2O4S. The number of ether oxygens (including phenoxy) is 2. The molecule has 1 saturated carbocycles. The van der Waals surface area contributed by atoms with Gasteiger partial charge in [0.1, 0.15) is 0 Å². The Labute approximate surface area is 155 Å². The minimum atomic E-state index is -0.0972. The minimum absolute atomic E-state index is 0.0912. The highest BCUT2D eigenvalue weighted by atomic mass is 32.2. The van der Waals surface area contributed by atoms with Crippen LogP contribution in [-0.2, 0) is 9.59 Å². The summed E-state index contributed by atoms with van der Waals surface area (Å²) in [5, 5.41) is 5.75. The van der Waals surface area contributed by atoms with Crippen LogP contribution < -0.4 is 20.1 Å². The number of fused-ring (bicyclic) bond motifs is 1. The van der Waals surface area contributed by atoms with Gasteiger partial charge in [-0.2, -0.15) is 0 Å². The fourth-order valence-electron chi connectivity index (χ4n) is 2.54. The second-order valence-corrected chi connectivity index (χ2v) is 7.24. The molecule has 0 unspecified atom stereocenters. The predicted molar refractivity (Wildman–Crippen MR) is 99.7 cm³/mol. The van der Waals surface area contributed by atoms with Crippen LogP contribution >= 0.6 is 11.8 Å². The third-order valence-electron chi connectivity index (χ3n) is 4.10. The van der Waals surface area contributed by atoms with Gasteiger partial charge in [-0.25, -0.2) is 0 Å². The summed E-state index contributed by atoms with van der Waals surface area (Å²) in [6.45, 7) is 0.208. The third-order valence-corrected chi connectivity index (χ3v) is 5.11. The van der Waals surface area contributed by atoms with Crippen LogP contribution in [0.25, 0.3) is 0 Å². The number of carbonyl (C=O) groups is 2. The van der Waals surface area contributed by atoms with Gasteiger partial charge < -0.3 is 20.1 Å². The molecule has 2 aromatic rings. The van der Waals surface area contributed by atoms with Crippen molar-refractivity contribution in [2.24, 2.45) is 5.92 Å². The zero-order chi connectivity index (χ0) is 17.9. The number of thioether (sulfide) groups is 1. The Morgan fingerprint density at radius 2 is 1.69 bits per heavy atom. The molecule has 2 amide bonds.